The van der Waals surface area contributed by atoms with Crippen molar-refractivity contribution in [3.63, 3.8) is 0 Å². The van der Waals surface area contributed by atoms with E-state index in [1.54, 1.807) is 7.05 Å². The van der Waals surface area contributed by atoms with Gasteiger partial charge in [0.05, 0.1) is 5.92 Å². The first-order valence-corrected chi connectivity index (χ1v) is 5.33. The summed E-state index contributed by atoms with van der Waals surface area (Å²) in [7, 11) is 1.60. The maximum absolute atomic E-state index is 11.7. The lowest BCUT2D eigenvalue weighted by Crippen LogP contribution is -2.44. The van der Waals surface area contributed by atoms with Gasteiger partial charge in [-0.3, -0.25) is 9.59 Å². The number of aliphatic hydroxyl groups excluding tert-OH is 1. The van der Waals surface area contributed by atoms with Crippen molar-refractivity contribution in [2.24, 2.45) is 5.92 Å². The van der Waals surface area contributed by atoms with Gasteiger partial charge < -0.3 is 20.4 Å². The largest absolute Gasteiger partial charge is 0.480 e. The zero-order chi connectivity index (χ0) is 13.0. The molecule has 1 rings (SSSR count). The van der Waals surface area contributed by atoms with Crippen molar-refractivity contribution in [1.82, 2.24) is 10.2 Å². The predicted octanol–water partition coefficient (Wildman–Crippen LogP) is -1.58. The monoisotopic (exact) mass is 244 g/mol. The van der Waals surface area contributed by atoms with Crippen molar-refractivity contribution >= 4 is 17.8 Å². The Balaban J connectivity index is 2.53. The van der Waals surface area contributed by atoms with E-state index in [9.17, 15) is 14.4 Å². The molecule has 2 amide bonds. The highest BCUT2D eigenvalue weighted by Gasteiger charge is 2.33. The molecule has 0 saturated carbocycles. The van der Waals surface area contributed by atoms with E-state index in [1.165, 1.54) is 4.90 Å². The van der Waals surface area contributed by atoms with Crippen LogP contribution in [0.2, 0.25) is 0 Å². The van der Waals surface area contributed by atoms with E-state index in [0.29, 0.717) is 6.54 Å². The number of nitrogens with one attached hydrogen (secondary N) is 1. The number of amides is 2. The first-order valence-electron chi connectivity index (χ1n) is 5.33. The molecular formula is C10H16N2O5. The van der Waals surface area contributed by atoms with E-state index in [0.717, 1.165) is 0 Å². The second-order valence-corrected chi connectivity index (χ2v) is 4.09. The molecule has 0 aromatic rings. The Morgan fingerprint density at radius 2 is 2.24 bits per heavy atom. The molecule has 3 N–H and O–H groups in total. The van der Waals surface area contributed by atoms with Gasteiger partial charge in [-0.05, 0) is 0 Å². The van der Waals surface area contributed by atoms with E-state index >= 15 is 0 Å². The lowest BCUT2D eigenvalue weighted by atomic mass is 10.1. The summed E-state index contributed by atoms with van der Waals surface area (Å²) >= 11 is 0. The van der Waals surface area contributed by atoms with Crippen LogP contribution in [0.1, 0.15) is 12.8 Å². The van der Waals surface area contributed by atoms with Crippen molar-refractivity contribution in [2.75, 3.05) is 20.2 Å². The van der Waals surface area contributed by atoms with Crippen molar-refractivity contribution in [3.05, 3.63) is 0 Å². The number of hydrogen-bond donors (Lipinski definition) is 3. The predicted molar refractivity (Wildman–Crippen MR) is 57.0 cm³/mol. The van der Waals surface area contributed by atoms with E-state index in [1.807, 2.05) is 0 Å². The van der Waals surface area contributed by atoms with Gasteiger partial charge in [-0.2, -0.15) is 0 Å². The first kappa shape index (κ1) is 13.4. The van der Waals surface area contributed by atoms with Gasteiger partial charge in [-0.15, -0.1) is 0 Å². The average Bonchev–Trinajstić information content (AvgIpc) is 2.58. The van der Waals surface area contributed by atoms with Crippen LogP contribution >= 0.6 is 0 Å². The molecule has 17 heavy (non-hydrogen) atoms. The Bertz CT molecular complexity index is 331. The quantitative estimate of drug-likeness (QED) is 0.541. The molecule has 7 heteroatoms. The molecule has 1 aliphatic rings. The second-order valence-electron chi connectivity index (χ2n) is 4.09. The highest BCUT2D eigenvalue weighted by molar-refractivity contribution is 5.91. The Hall–Kier alpha value is -1.63. The summed E-state index contributed by atoms with van der Waals surface area (Å²) in [5.41, 5.74) is 0. The highest BCUT2D eigenvalue weighted by atomic mass is 16.4. The molecule has 7 nitrogen and oxygen atoms in total. The number of hydrogen-bond acceptors (Lipinski definition) is 4. The third-order valence-electron chi connectivity index (χ3n) is 2.74. The third-order valence-corrected chi connectivity index (χ3v) is 2.74. The van der Waals surface area contributed by atoms with E-state index in [4.69, 9.17) is 10.2 Å². The number of carboxylic acid groups (broad SMARTS) is 1. The summed E-state index contributed by atoms with van der Waals surface area (Å²) in [4.78, 5) is 35.1. The number of carboxylic acids is 1. The Morgan fingerprint density at radius 3 is 2.65 bits per heavy atom. The summed E-state index contributed by atoms with van der Waals surface area (Å²) in [6, 6.07) is -1.10. The maximum atomic E-state index is 11.7. The zero-order valence-electron chi connectivity index (χ0n) is 9.55. The normalized spacial score (nSPS) is 21.4. The van der Waals surface area contributed by atoms with Gasteiger partial charge in [0.2, 0.25) is 11.8 Å². The molecule has 0 aromatic carbocycles. The molecule has 1 saturated heterocycles. The minimum Gasteiger partial charge on any atom is -0.480 e. The summed E-state index contributed by atoms with van der Waals surface area (Å²) in [5.74, 6) is -2.28. The van der Waals surface area contributed by atoms with Crippen molar-refractivity contribution in [2.45, 2.75) is 18.9 Å². The molecule has 2 unspecified atom stereocenters. The number of aliphatic hydroxyl groups is 1. The minimum absolute atomic E-state index is 0.0441. The van der Waals surface area contributed by atoms with Crippen LogP contribution in [-0.2, 0) is 14.4 Å². The molecule has 0 bridgehead atoms. The fraction of sp³-hybridized carbons (Fsp3) is 0.700. The number of carbonyl (C=O) groups is 3. The van der Waals surface area contributed by atoms with E-state index in [-0.39, 0.29) is 25.4 Å². The maximum Gasteiger partial charge on any atom is 0.326 e. The molecule has 96 valence electrons. The van der Waals surface area contributed by atoms with Gasteiger partial charge in [0, 0.05) is 33.0 Å². The molecule has 0 spiro atoms. The molecule has 1 aliphatic heterocycles. The summed E-state index contributed by atoms with van der Waals surface area (Å²) in [6.07, 6.45) is 0.0609. The molecule has 1 heterocycles. The molecule has 0 aromatic heterocycles. The lowest BCUT2D eigenvalue weighted by Gasteiger charge is -2.16. The Kier molecular flexibility index (Phi) is 4.45. The van der Waals surface area contributed by atoms with Gasteiger partial charge in [-0.1, -0.05) is 0 Å². The number of likely N-dealkylation sites (tertiary alicyclic amines) is 1. The van der Waals surface area contributed by atoms with Crippen LogP contribution in [0.3, 0.4) is 0 Å². The average molecular weight is 244 g/mol. The van der Waals surface area contributed by atoms with Crippen LogP contribution in [0.15, 0.2) is 0 Å². The Morgan fingerprint density at radius 1 is 1.59 bits per heavy atom. The number of aliphatic carboxylic acids is 1. The number of rotatable bonds is 5. The fourth-order valence-corrected chi connectivity index (χ4v) is 1.72. The lowest BCUT2D eigenvalue weighted by molar-refractivity contribution is -0.142. The van der Waals surface area contributed by atoms with Crippen molar-refractivity contribution < 1.29 is 24.6 Å². The Labute approximate surface area is 98.4 Å². The molecule has 0 radical (unpaired) electrons. The smallest absolute Gasteiger partial charge is 0.326 e. The zero-order valence-corrected chi connectivity index (χ0v) is 9.55. The standard InChI is InChI=1S/C10H16N2O5/c1-12-5-6(4-8(12)14)9(15)11-7(2-3-13)10(16)17/h6-7,13H,2-5H2,1H3,(H,11,15)(H,16,17). The number of carbonyl (C=O) groups excluding carboxylic acids is 2. The summed E-state index contributed by atoms with van der Waals surface area (Å²) in [6.45, 7) is -0.0170. The van der Waals surface area contributed by atoms with Crippen LogP contribution in [-0.4, -0.2) is 59.1 Å². The van der Waals surface area contributed by atoms with Crippen LogP contribution in [0.5, 0.6) is 0 Å². The minimum atomic E-state index is -1.19. The molecular weight excluding hydrogens is 228 g/mol. The van der Waals surface area contributed by atoms with Gasteiger partial charge in [-0.25, -0.2) is 4.79 Å². The third kappa shape index (κ3) is 3.42. The van der Waals surface area contributed by atoms with Gasteiger partial charge in [0.15, 0.2) is 0 Å². The second kappa shape index (κ2) is 5.62. The number of nitrogens with zero attached hydrogens (tertiary/aromatic N) is 1. The SMILES string of the molecule is CN1CC(C(=O)NC(CCO)C(=O)O)CC1=O. The van der Waals surface area contributed by atoms with Gasteiger partial charge >= 0.3 is 5.97 Å². The van der Waals surface area contributed by atoms with Crippen LogP contribution in [0, 0.1) is 5.92 Å². The van der Waals surface area contributed by atoms with Crippen molar-refractivity contribution in [3.8, 4) is 0 Å². The fourth-order valence-electron chi connectivity index (χ4n) is 1.72. The summed E-state index contributed by atoms with van der Waals surface area (Å²) < 4.78 is 0. The van der Waals surface area contributed by atoms with Crippen LogP contribution in [0.4, 0.5) is 0 Å². The highest BCUT2D eigenvalue weighted by Crippen LogP contribution is 2.16. The van der Waals surface area contributed by atoms with Crippen LogP contribution in [0.25, 0.3) is 0 Å². The topological polar surface area (TPSA) is 107 Å². The van der Waals surface area contributed by atoms with E-state index in [2.05, 4.69) is 5.32 Å². The van der Waals surface area contributed by atoms with Crippen molar-refractivity contribution in [1.29, 1.82) is 0 Å². The first-order chi connectivity index (χ1) is 7.95. The van der Waals surface area contributed by atoms with Gasteiger partial charge in [0.1, 0.15) is 6.04 Å². The van der Waals surface area contributed by atoms with Crippen LogP contribution < -0.4 is 5.32 Å². The molecule has 0 aliphatic carbocycles. The summed E-state index contributed by atoms with van der Waals surface area (Å²) in [5, 5.41) is 19.8. The van der Waals surface area contributed by atoms with Gasteiger partial charge in [0.25, 0.3) is 0 Å². The molecule has 1 fully saturated rings. The molecule has 2 atom stereocenters. The van der Waals surface area contributed by atoms with E-state index < -0.39 is 23.8 Å².